The fourth-order valence-corrected chi connectivity index (χ4v) is 3.32. The van der Waals surface area contributed by atoms with E-state index in [-0.39, 0.29) is 6.04 Å². The highest BCUT2D eigenvalue weighted by atomic mass is 16.2. The van der Waals surface area contributed by atoms with Crippen LogP contribution in [0.3, 0.4) is 0 Å². The molecule has 1 aliphatic carbocycles. The van der Waals surface area contributed by atoms with Crippen molar-refractivity contribution in [3.05, 3.63) is 0 Å². The number of likely N-dealkylation sites (N-methyl/N-ethyl adjacent to an activating group) is 1. The first-order chi connectivity index (χ1) is 8.59. The van der Waals surface area contributed by atoms with Gasteiger partial charge in [-0.1, -0.05) is 12.8 Å². The molecule has 1 heterocycles. The van der Waals surface area contributed by atoms with Gasteiger partial charge in [-0.15, -0.1) is 0 Å². The lowest BCUT2D eigenvalue weighted by Crippen LogP contribution is -2.53. The monoisotopic (exact) mass is 253 g/mol. The maximum Gasteiger partial charge on any atom is 0.241 e. The minimum absolute atomic E-state index is 0.0226. The van der Waals surface area contributed by atoms with E-state index in [2.05, 4.69) is 22.0 Å². The van der Waals surface area contributed by atoms with E-state index < -0.39 is 0 Å². The molecule has 1 amide bonds. The molecule has 0 aromatic rings. The van der Waals surface area contributed by atoms with Gasteiger partial charge in [0.05, 0.1) is 6.04 Å². The summed E-state index contributed by atoms with van der Waals surface area (Å²) in [6, 6.07) is 0.864. The van der Waals surface area contributed by atoms with Crippen LogP contribution in [0.15, 0.2) is 0 Å². The Hall–Kier alpha value is -0.610. The molecule has 2 rings (SSSR count). The van der Waals surface area contributed by atoms with Crippen LogP contribution in [0.1, 0.15) is 39.0 Å². The standard InChI is InChI=1S/C14H27N3O/c1-11-8-9-15-13(10-16(2)3)14(18)17(11)12-6-4-5-7-12/h11-13,15H,4-10H2,1-3H3. The Kier molecular flexibility index (Phi) is 4.62. The molecule has 2 aliphatic rings. The van der Waals surface area contributed by atoms with E-state index in [1.165, 1.54) is 25.7 Å². The number of hydrogen-bond acceptors (Lipinski definition) is 3. The van der Waals surface area contributed by atoms with Gasteiger partial charge in [-0.2, -0.15) is 0 Å². The van der Waals surface area contributed by atoms with Crippen molar-refractivity contribution in [2.24, 2.45) is 0 Å². The van der Waals surface area contributed by atoms with Crippen LogP contribution in [0.5, 0.6) is 0 Å². The molecular weight excluding hydrogens is 226 g/mol. The smallest absolute Gasteiger partial charge is 0.241 e. The van der Waals surface area contributed by atoms with Gasteiger partial charge in [-0.3, -0.25) is 4.79 Å². The first kappa shape index (κ1) is 13.8. The second-order valence-corrected chi connectivity index (χ2v) is 6.09. The van der Waals surface area contributed by atoms with Gasteiger partial charge in [0.2, 0.25) is 5.91 Å². The number of carbonyl (C=O) groups excluding carboxylic acids is 1. The van der Waals surface area contributed by atoms with E-state index >= 15 is 0 Å². The largest absolute Gasteiger partial charge is 0.336 e. The topological polar surface area (TPSA) is 35.6 Å². The Morgan fingerprint density at radius 1 is 1.28 bits per heavy atom. The van der Waals surface area contributed by atoms with Gasteiger partial charge in [-0.05, 0) is 46.8 Å². The molecule has 2 unspecified atom stereocenters. The highest BCUT2D eigenvalue weighted by Gasteiger charge is 2.36. The third-order valence-electron chi connectivity index (χ3n) is 4.25. The second-order valence-electron chi connectivity index (χ2n) is 6.09. The van der Waals surface area contributed by atoms with Crippen molar-refractivity contribution in [2.75, 3.05) is 27.2 Å². The average Bonchev–Trinajstić information content (AvgIpc) is 2.76. The maximum absolute atomic E-state index is 12.7. The van der Waals surface area contributed by atoms with Crippen molar-refractivity contribution in [1.82, 2.24) is 15.1 Å². The molecule has 1 saturated carbocycles. The van der Waals surface area contributed by atoms with Gasteiger partial charge in [0.1, 0.15) is 0 Å². The average molecular weight is 253 g/mol. The first-order valence-electron chi connectivity index (χ1n) is 7.30. The molecule has 2 fully saturated rings. The fraction of sp³-hybridized carbons (Fsp3) is 0.929. The molecule has 0 spiro atoms. The van der Waals surface area contributed by atoms with Crippen molar-refractivity contribution < 1.29 is 4.79 Å². The van der Waals surface area contributed by atoms with Gasteiger partial charge in [0.25, 0.3) is 0 Å². The summed E-state index contributed by atoms with van der Waals surface area (Å²) in [6.45, 7) is 3.96. The van der Waals surface area contributed by atoms with E-state index in [4.69, 9.17) is 0 Å². The van der Waals surface area contributed by atoms with Crippen LogP contribution in [0.2, 0.25) is 0 Å². The summed E-state index contributed by atoms with van der Waals surface area (Å²) in [6.07, 6.45) is 6.04. The number of nitrogens with one attached hydrogen (secondary N) is 1. The van der Waals surface area contributed by atoms with Crippen LogP contribution in [-0.2, 0) is 4.79 Å². The van der Waals surface area contributed by atoms with Gasteiger partial charge < -0.3 is 15.1 Å². The minimum Gasteiger partial charge on any atom is -0.336 e. The van der Waals surface area contributed by atoms with E-state index in [9.17, 15) is 4.79 Å². The third-order valence-corrected chi connectivity index (χ3v) is 4.25. The summed E-state index contributed by atoms with van der Waals surface area (Å²) in [5, 5.41) is 3.41. The van der Waals surface area contributed by atoms with Crippen LogP contribution in [-0.4, -0.2) is 61.0 Å². The molecular formula is C14H27N3O. The molecule has 18 heavy (non-hydrogen) atoms. The molecule has 1 aliphatic heterocycles. The molecule has 0 aromatic carbocycles. The summed E-state index contributed by atoms with van der Waals surface area (Å²) in [4.78, 5) is 17.0. The predicted octanol–water partition coefficient (Wildman–Crippen LogP) is 1.07. The summed E-state index contributed by atoms with van der Waals surface area (Å²) in [5.41, 5.74) is 0. The molecule has 0 radical (unpaired) electrons. The van der Waals surface area contributed by atoms with E-state index in [0.717, 1.165) is 19.5 Å². The van der Waals surface area contributed by atoms with E-state index in [0.29, 0.717) is 18.0 Å². The van der Waals surface area contributed by atoms with Gasteiger partial charge in [-0.25, -0.2) is 0 Å². The van der Waals surface area contributed by atoms with E-state index in [1.54, 1.807) is 0 Å². The lowest BCUT2D eigenvalue weighted by molar-refractivity contribution is -0.137. The minimum atomic E-state index is -0.0226. The second kappa shape index (κ2) is 6.02. The Morgan fingerprint density at radius 2 is 1.94 bits per heavy atom. The lowest BCUT2D eigenvalue weighted by atomic mass is 10.1. The third kappa shape index (κ3) is 3.04. The molecule has 0 aromatic heterocycles. The maximum atomic E-state index is 12.7. The number of nitrogens with zero attached hydrogens (tertiary/aromatic N) is 2. The van der Waals surface area contributed by atoms with Crippen LogP contribution >= 0.6 is 0 Å². The molecule has 0 bridgehead atoms. The summed E-state index contributed by atoms with van der Waals surface area (Å²) in [5.74, 6) is 0.320. The predicted molar refractivity (Wildman–Crippen MR) is 73.5 cm³/mol. The number of hydrogen-bond donors (Lipinski definition) is 1. The van der Waals surface area contributed by atoms with Gasteiger partial charge >= 0.3 is 0 Å². The highest BCUT2D eigenvalue weighted by Crippen LogP contribution is 2.27. The molecule has 1 saturated heterocycles. The molecule has 1 N–H and O–H groups in total. The zero-order chi connectivity index (χ0) is 13.1. The van der Waals surface area contributed by atoms with Crippen LogP contribution < -0.4 is 5.32 Å². The Bertz CT molecular complexity index is 287. The Labute approximate surface area is 111 Å². The SMILES string of the molecule is CC1CCNC(CN(C)C)C(=O)N1C1CCCC1. The number of amides is 1. The van der Waals surface area contributed by atoms with Crippen molar-refractivity contribution in [3.63, 3.8) is 0 Å². The van der Waals surface area contributed by atoms with Crippen molar-refractivity contribution in [3.8, 4) is 0 Å². The van der Waals surface area contributed by atoms with Gasteiger partial charge in [0.15, 0.2) is 0 Å². The Balaban J connectivity index is 2.10. The summed E-state index contributed by atoms with van der Waals surface area (Å²) in [7, 11) is 4.06. The first-order valence-corrected chi connectivity index (χ1v) is 7.30. The van der Waals surface area contributed by atoms with Crippen molar-refractivity contribution >= 4 is 5.91 Å². The van der Waals surface area contributed by atoms with Crippen LogP contribution in [0.25, 0.3) is 0 Å². The number of rotatable bonds is 3. The van der Waals surface area contributed by atoms with Crippen molar-refractivity contribution in [1.29, 1.82) is 0 Å². The molecule has 104 valence electrons. The van der Waals surface area contributed by atoms with Crippen molar-refractivity contribution in [2.45, 2.75) is 57.2 Å². The zero-order valence-electron chi connectivity index (χ0n) is 12.0. The lowest BCUT2D eigenvalue weighted by Gasteiger charge is -2.35. The van der Waals surface area contributed by atoms with Crippen LogP contribution in [0.4, 0.5) is 0 Å². The highest BCUT2D eigenvalue weighted by molar-refractivity contribution is 5.83. The summed E-state index contributed by atoms with van der Waals surface area (Å²) < 4.78 is 0. The molecule has 4 heteroatoms. The van der Waals surface area contributed by atoms with Gasteiger partial charge in [0, 0.05) is 18.6 Å². The molecule has 2 atom stereocenters. The number of carbonyl (C=O) groups is 1. The normalized spacial score (nSPS) is 31.1. The zero-order valence-corrected chi connectivity index (χ0v) is 12.0. The molecule has 4 nitrogen and oxygen atoms in total. The van der Waals surface area contributed by atoms with Crippen LogP contribution in [0, 0.1) is 0 Å². The van der Waals surface area contributed by atoms with E-state index in [1.807, 2.05) is 14.1 Å². The quantitative estimate of drug-likeness (QED) is 0.817. The summed E-state index contributed by atoms with van der Waals surface area (Å²) >= 11 is 0. The Morgan fingerprint density at radius 3 is 2.56 bits per heavy atom. The fourth-order valence-electron chi connectivity index (χ4n) is 3.32.